The molecule has 0 saturated heterocycles. The van der Waals surface area contributed by atoms with Crippen molar-refractivity contribution in [2.45, 2.75) is 0 Å². The van der Waals surface area contributed by atoms with Crippen LogP contribution in [0.5, 0.6) is 5.75 Å². The molecule has 0 bridgehead atoms. The number of nitrogen functional groups attached to an aromatic ring is 1. The summed E-state index contributed by atoms with van der Waals surface area (Å²) in [4.78, 5) is 36.0. The summed E-state index contributed by atoms with van der Waals surface area (Å²) in [5.41, 5.74) is 4.06. The highest BCUT2D eigenvalue weighted by molar-refractivity contribution is 6.32. The maximum absolute atomic E-state index is 12.2. The third kappa shape index (κ3) is 2.75. The largest absolute Gasteiger partial charge is 0.484 e. The molecule has 1 aromatic carbocycles. The number of nitrogens with zero attached hydrogens (tertiary/aromatic N) is 2. The van der Waals surface area contributed by atoms with E-state index in [1.165, 1.54) is 14.1 Å². The van der Waals surface area contributed by atoms with Crippen LogP contribution in [0.1, 0.15) is 10.4 Å². The zero-order valence-electron chi connectivity index (χ0n) is 12.0. The summed E-state index contributed by atoms with van der Waals surface area (Å²) < 4.78 is 7.15. The number of para-hydroxylation sites is 1. The molecule has 0 amide bonds. The third-order valence-electron chi connectivity index (χ3n) is 3.18. The van der Waals surface area contributed by atoms with Gasteiger partial charge in [0.05, 0.1) is 5.02 Å². The molecule has 8 heteroatoms. The molecule has 2 aromatic rings. The molecule has 0 atom stereocenters. The number of hydrogen-bond acceptors (Lipinski definition) is 5. The molecule has 7 nitrogen and oxygen atoms in total. The van der Waals surface area contributed by atoms with Gasteiger partial charge < -0.3 is 10.5 Å². The van der Waals surface area contributed by atoms with Crippen molar-refractivity contribution in [1.82, 2.24) is 9.13 Å². The Labute approximate surface area is 130 Å². The molecule has 0 aliphatic heterocycles. The Balaban J connectivity index is 2.34. The molecule has 116 valence electrons. The van der Waals surface area contributed by atoms with E-state index in [0.29, 0.717) is 10.8 Å². The summed E-state index contributed by atoms with van der Waals surface area (Å²) >= 11 is 5.92. The lowest BCUT2D eigenvalue weighted by atomic mass is 10.2. The quantitative estimate of drug-likeness (QED) is 0.830. The van der Waals surface area contributed by atoms with E-state index < -0.39 is 23.6 Å². The maximum atomic E-state index is 12.2. The number of anilines is 1. The molecule has 1 aromatic heterocycles. The van der Waals surface area contributed by atoms with Gasteiger partial charge in [-0.2, -0.15) is 0 Å². The number of aromatic nitrogens is 2. The van der Waals surface area contributed by atoms with Crippen LogP contribution < -0.4 is 21.7 Å². The molecule has 0 fully saturated rings. The van der Waals surface area contributed by atoms with Crippen LogP contribution in [0.25, 0.3) is 0 Å². The molecular formula is C14H14ClN3O4. The molecule has 0 saturated carbocycles. The second-order valence-corrected chi connectivity index (χ2v) is 5.02. The lowest BCUT2D eigenvalue weighted by molar-refractivity contribution is 0.0919. The summed E-state index contributed by atoms with van der Waals surface area (Å²) in [6, 6.07) is 6.63. The van der Waals surface area contributed by atoms with Crippen molar-refractivity contribution in [3.8, 4) is 5.75 Å². The molecular weight excluding hydrogens is 310 g/mol. The Morgan fingerprint density at radius 3 is 2.50 bits per heavy atom. The van der Waals surface area contributed by atoms with Crippen LogP contribution in [0, 0.1) is 0 Å². The fourth-order valence-corrected chi connectivity index (χ4v) is 2.09. The first kappa shape index (κ1) is 15.8. The van der Waals surface area contributed by atoms with Crippen LogP contribution in [0.4, 0.5) is 5.82 Å². The van der Waals surface area contributed by atoms with Gasteiger partial charge in [0.2, 0.25) is 5.78 Å². The highest BCUT2D eigenvalue weighted by Crippen LogP contribution is 2.23. The second kappa shape index (κ2) is 6.07. The summed E-state index contributed by atoms with van der Waals surface area (Å²) in [5.74, 6) is -0.507. The normalized spacial score (nSPS) is 10.5. The Morgan fingerprint density at radius 1 is 1.23 bits per heavy atom. The first-order chi connectivity index (χ1) is 10.3. The minimum absolute atomic E-state index is 0.194. The zero-order chi connectivity index (χ0) is 16.4. The highest BCUT2D eigenvalue weighted by atomic mass is 35.5. The van der Waals surface area contributed by atoms with Crippen LogP contribution >= 0.6 is 11.6 Å². The molecule has 0 aliphatic rings. The van der Waals surface area contributed by atoms with Crippen molar-refractivity contribution < 1.29 is 9.53 Å². The first-order valence-corrected chi connectivity index (χ1v) is 6.68. The number of carbonyl (C=O) groups excluding carboxylic acids is 1. The number of ether oxygens (including phenoxy) is 1. The SMILES string of the molecule is Cn1c(N)c(C(=O)COc2ccccc2Cl)c(=O)n(C)c1=O. The molecule has 0 aliphatic carbocycles. The van der Waals surface area contributed by atoms with Crippen molar-refractivity contribution in [2.75, 3.05) is 12.3 Å². The molecule has 0 radical (unpaired) electrons. The maximum Gasteiger partial charge on any atom is 0.332 e. The molecule has 2 N–H and O–H groups in total. The Bertz CT molecular complexity index is 854. The fraction of sp³-hybridized carbons (Fsp3) is 0.214. The number of Topliss-reactive ketones (excluding diaryl/α,β-unsaturated/α-hetero) is 1. The highest BCUT2D eigenvalue weighted by Gasteiger charge is 2.20. The van der Waals surface area contributed by atoms with E-state index >= 15 is 0 Å². The molecule has 0 spiro atoms. The van der Waals surface area contributed by atoms with Gasteiger partial charge in [-0.3, -0.25) is 18.7 Å². The van der Waals surface area contributed by atoms with Crippen LogP contribution in [-0.2, 0) is 14.1 Å². The smallest absolute Gasteiger partial charge is 0.332 e. The first-order valence-electron chi connectivity index (χ1n) is 6.30. The van der Waals surface area contributed by atoms with Crippen molar-refractivity contribution >= 4 is 23.2 Å². The summed E-state index contributed by atoms with van der Waals surface area (Å²) in [6.45, 7) is -0.415. The Kier molecular flexibility index (Phi) is 4.37. The van der Waals surface area contributed by atoms with Gasteiger partial charge in [-0.1, -0.05) is 23.7 Å². The minimum atomic E-state index is -0.756. The summed E-state index contributed by atoms with van der Waals surface area (Å²) in [6.07, 6.45) is 0. The van der Waals surface area contributed by atoms with Crippen molar-refractivity contribution in [3.63, 3.8) is 0 Å². The van der Waals surface area contributed by atoms with E-state index in [4.69, 9.17) is 22.1 Å². The third-order valence-corrected chi connectivity index (χ3v) is 3.50. The average Bonchev–Trinajstić information content (AvgIpc) is 2.50. The number of nitrogens with two attached hydrogens (primary N) is 1. The van der Waals surface area contributed by atoms with Gasteiger partial charge in [-0.05, 0) is 12.1 Å². The standard InChI is InChI=1S/C14H14ClN3O4/c1-17-12(16)11(13(20)18(2)14(17)21)9(19)7-22-10-6-4-3-5-8(10)15/h3-6H,7,16H2,1-2H3. The van der Waals surface area contributed by atoms with Gasteiger partial charge in [0.25, 0.3) is 5.56 Å². The van der Waals surface area contributed by atoms with Crippen LogP contribution in [0.2, 0.25) is 5.02 Å². The van der Waals surface area contributed by atoms with E-state index in [-0.39, 0.29) is 11.4 Å². The van der Waals surface area contributed by atoms with E-state index in [1.54, 1.807) is 24.3 Å². The van der Waals surface area contributed by atoms with Crippen molar-refractivity contribution in [2.24, 2.45) is 14.1 Å². The number of rotatable bonds is 4. The van der Waals surface area contributed by atoms with Gasteiger partial charge in [0.15, 0.2) is 6.61 Å². The van der Waals surface area contributed by atoms with Gasteiger partial charge in [0.1, 0.15) is 17.1 Å². The van der Waals surface area contributed by atoms with Crippen LogP contribution in [0.15, 0.2) is 33.9 Å². The number of ketones is 1. The number of hydrogen-bond donors (Lipinski definition) is 1. The van der Waals surface area contributed by atoms with E-state index in [9.17, 15) is 14.4 Å². The van der Waals surface area contributed by atoms with Crippen LogP contribution in [0.3, 0.4) is 0 Å². The van der Waals surface area contributed by atoms with Gasteiger partial charge in [-0.25, -0.2) is 4.79 Å². The average molecular weight is 324 g/mol. The minimum Gasteiger partial charge on any atom is -0.484 e. The molecule has 2 rings (SSSR count). The van der Waals surface area contributed by atoms with E-state index in [1.807, 2.05) is 0 Å². The molecule has 0 unspecified atom stereocenters. The Hall–Kier alpha value is -2.54. The topological polar surface area (TPSA) is 96.3 Å². The predicted molar refractivity (Wildman–Crippen MR) is 82.6 cm³/mol. The van der Waals surface area contributed by atoms with Gasteiger partial charge >= 0.3 is 5.69 Å². The second-order valence-electron chi connectivity index (χ2n) is 4.61. The van der Waals surface area contributed by atoms with E-state index in [2.05, 4.69) is 0 Å². The van der Waals surface area contributed by atoms with Crippen molar-refractivity contribution in [1.29, 1.82) is 0 Å². The summed E-state index contributed by atoms with van der Waals surface area (Å²) in [5, 5.41) is 0.344. The number of benzene rings is 1. The lowest BCUT2D eigenvalue weighted by Gasteiger charge is -2.11. The monoisotopic (exact) mass is 323 g/mol. The number of carbonyl (C=O) groups is 1. The zero-order valence-corrected chi connectivity index (χ0v) is 12.8. The van der Waals surface area contributed by atoms with Crippen molar-refractivity contribution in [3.05, 3.63) is 55.7 Å². The number of halogens is 1. The lowest BCUT2D eigenvalue weighted by Crippen LogP contribution is -2.42. The van der Waals surface area contributed by atoms with Gasteiger partial charge in [-0.15, -0.1) is 0 Å². The molecule has 1 heterocycles. The predicted octanol–water partition coefficient (Wildman–Crippen LogP) is 0.581. The summed E-state index contributed by atoms with van der Waals surface area (Å²) in [7, 11) is 2.65. The van der Waals surface area contributed by atoms with Gasteiger partial charge in [0, 0.05) is 14.1 Å². The van der Waals surface area contributed by atoms with E-state index in [0.717, 1.165) is 9.13 Å². The Morgan fingerprint density at radius 2 is 1.86 bits per heavy atom. The molecule has 22 heavy (non-hydrogen) atoms. The van der Waals surface area contributed by atoms with Crippen LogP contribution in [-0.4, -0.2) is 21.5 Å². The fourth-order valence-electron chi connectivity index (χ4n) is 1.90.